The Morgan fingerprint density at radius 2 is 1.96 bits per heavy atom. The van der Waals surface area contributed by atoms with E-state index >= 15 is 0 Å². The van der Waals surface area contributed by atoms with Crippen LogP contribution in [-0.4, -0.2) is 35.7 Å². The van der Waals surface area contributed by atoms with Gasteiger partial charge in [0.2, 0.25) is 0 Å². The number of carbonyl (C=O) groups is 1. The van der Waals surface area contributed by atoms with Gasteiger partial charge in [-0.05, 0) is 52.5 Å². The average molecular weight is 318 g/mol. The SMILES string of the molecule is Cc1ccc(CNCC2CCCCN2C(=O)OC(C)(C)C)cc1. The van der Waals surface area contributed by atoms with Gasteiger partial charge in [0.05, 0.1) is 0 Å². The fourth-order valence-corrected chi connectivity index (χ4v) is 2.86. The lowest BCUT2D eigenvalue weighted by atomic mass is 10.0. The molecule has 4 heteroatoms. The van der Waals surface area contributed by atoms with E-state index in [0.29, 0.717) is 0 Å². The number of amides is 1. The van der Waals surface area contributed by atoms with Crippen LogP contribution >= 0.6 is 0 Å². The molecule has 128 valence electrons. The lowest BCUT2D eigenvalue weighted by molar-refractivity contribution is 0.00993. The highest BCUT2D eigenvalue weighted by atomic mass is 16.6. The summed E-state index contributed by atoms with van der Waals surface area (Å²) in [5.74, 6) is 0. The van der Waals surface area contributed by atoms with Crippen LogP contribution in [0.2, 0.25) is 0 Å². The minimum Gasteiger partial charge on any atom is -0.444 e. The molecule has 2 rings (SSSR count). The highest BCUT2D eigenvalue weighted by Gasteiger charge is 2.30. The molecule has 0 bridgehead atoms. The fraction of sp³-hybridized carbons (Fsp3) is 0.632. The molecule has 1 unspecified atom stereocenters. The van der Waals surface area contributed by atoms with E-state index in [9.17, 15) is 4.79 Å². The molecule has 1 aliphatic heterocycles. The summed E-state index contributed by atoms with van der Waals surface area (Å²) >= 11 is 0. The average Bonchev–Trinajstić information content (AvgIpc) is 2.48. The van der Waals surface area contributed by atoms with E-state index in [-0.39, 0.29) is 12.1 Å². The maximum Gasteiger partial charge on any atom is 0.410 e. The summed E-state index contributed by atoms with van der Waals surface area (Å²) in [6, 6.07) is 8.78. The van der Waals surface area contributed by atoms with Gasteiger partial charge in [-0.1, -0.05) is 29.8 Å². The lowest BCUT2D eigenvalue weighted by Gasteiger charge is -2.37. The molecule has 1 heterocycles. The van der Waals surface area contributed by atoms with Crippen LogP contribution in [0.3, 0.4) is 0 Å². The molecule has 0 aliphatic carbocycles. The monoisotopic (exact) mass is 318 g/mol. The van der Waals surface area contributed by atoms with Gasteiger partial charge in [-0.2, -0.15) is 0 Å². The van der Waals surface area contributed by atoms with Crippen molar-refractivity contribution in [2.75, 3.05) is 13.1 Å². The summed E-state index contributed by atoms with van der Waals surface area (Å²) in [6.45, 7) is 10.3. The van der Waals surface area contributed by atoms with E-state index in [0.717, 1.165) is 32.5 Å². The number of nitrogens with zero attached hydrogens (tertiary/aromatic N) is 1. The second-order valence-corrected chi connectivity index (χ2v) is 7.44. The number of aryl methyl sites for hydroxylation is 1. The Labute approximate surface area is 140 Å². The molecular formula is C19H30N2O2. The molecule has 1 N–H and O–H groups in total. The molecule has 0 radical (unpaired) electrons. The largest absolute Gasteiger partial charge is 0.444 e. The predicted octanol–water partition coefficient (Wildman–Crippen LogP) is 3.87. The molecule has 1 aromatic rings. The van der Waals surface area contributed by atoms with Crippen molar-refractivity contribution < 1.29 is 9.53 Å². The number of piperidine rings is 1. The van der Waals surface area contributed by atoms with Crippen LogP contribution in [0, 0.1) is 6.92 Å². The summed E-state index contributed by atoms with van der Waals surface area (Å²) in [5.41, 5.74) is 2.11. The first-order chi connectivity index (χ1) is 10.8. The zero-order valence-electron chi connectivity index (χ0n) is 14.9. The Balaban J connectivity index is 1.86. The van der Waals surface area contributed by atoms with E-state index in [1.807, 2.05) is 25.7 Å². The number of carbonyl (C=O) groups excluding carboxylic acids is 1. The summed E-state index contributed by atoms with van der Waals surface area (Å²) in [5, 5.41) is 3.49. The van der Waals surface area contributed by atoms with Gasteiger partial charge in [0, 0.05) is 25.7 Å². The predicted molar refractivity (Wildman–Crippen MR) is 93.5 cm³/mol. The molecule has 1 aromatic carbocycles. The van der Waals surface area contributed by atoms with Gasteiger partial charge in [-0.25, -0.2) is 4.79 Å². The highest BCUT2D eigenvalue weighted by molar-refractivity contribution is 5.68. The van der Waals surface area contributed by atoms with Gasteiger partial charge in [0.1, 0.15) is 5.60 Å². The van der Waals surface area contributed by atoms with Gasteiger partial charge < -0.3 is 15.0 Å². The highest BCUT2D eigenvalue weighted by Crippen LogP contribution is 2.20. The van der Waals surface area contributed by atoms with Crippen LogP contribution < -0.4 is 5.32 Å². The molecular weight excluding hydrogens is 288 g/mol. The van der Waals surface area contributed by atoms with Crippen molar-refractivity contribution in [1.82, 2.24) is 10.2 Å². The van der Waals surface area contributed by atoms with Crippen LogP contribution in [0.4, 0.5) is 4.79 Å². The molecule has 4 nitrogen and oxygen atoms in total. The Bertz CT molecular complexity index is 505. The van der Waals surface area contributed by atoms with Crippen molar-refractivity contribution >= 4 is 6.09 Å². The number of benzene rings is 1. The van der Waals surface area contributed by atoms with Crippen LogP contribution in [0.1, 0.15) is 51.2 Å². The molecule has 1 amide bonds. The maximum atomic E-state index is 12.4. The topological polar surface area (TPSA) is 41.6 Å². The summed E-state index contributed by atoms with van der Waals surface area (Å²) in [6.07, 6.45) is 3.10. The van der Waals surface area contributed by atoms with Crippen LogP contribution in [0.5, 0.6) is 0 Å². The molecule has 0 saturated carbocycles. The zero-order valence-corrected chi connectivity index (χ0v) is 14.9. The van der Waals surface area contributed by atoms with Crippen LogP contribution in [-0.2, 0) is 11.3 Å². The molecule has 1 fully saturated rings. The normalized spacial score (nSPS) is 18.8. The van der Waals surface area contributed by atoms with Crippen molar-refractivity contribution in [3.05, 3.63) is 35.4 Å². The maximum absolute atomic E-state index is 12.4. The second-order valence-electron chi connectivity index (χ2n) is 7.44. The number of nitrogens with one attached hydrogen (secondary N) is 1. The first kappa shape index (κ1) is 17.8. The number of ether oxygens (including phenoxy) is 1. The van der Waals surface area contributed by atoms with Gasteiger partial charge in [-0.15, -0.1) is 0 Å². The number of hydrogen-bond acceptors (Lipinski definition) is 3. The molecule has 0 aromatic heterocycles. The number of rotatable bonds is 4. The van der Waals surface area contributed by atoms with E-state index < -0.39 is 5.60 Å². The Morgan fingerprint density at radius 1 is 1.26 bits per heavy atom. The first-order valence-electron chi connectivity index (χ1n) is 8.61. The smallest absolute Gasteiger partial charge is 0.410 e. The van der Waals surface area contributed by atoms with E-state index in [1.165, 1.54) is 17.5 Å². The summed E-state index contributed by atoms with van der Waals surface area (Å²) in [7, 11) is 0. The third-order valence-corrected chi connectivity index (χ3v) is 4.08. The van der Waals surface area contributed by atoms with Gasteiger partial charge in [0.15, 0.2) is 0 Å². The third-order valence-electron chi connectivity index (χ3n) is 4.08. The lowest BCUT2D eigenvalue weighted by Crippen LogP contribution is -2.50. The molecule has 1 atom stereocenters. The van der Waals surface area contributed by atoms with Crippen LogP contribution in [0.15, 0.2) is 24.3 Å². The number of likely N-dealkylation sites (tertiary alicyclic amines) is 1. The van der Waals surface area contributed by atoms with Crippen molar-refractivity contribution in [2.24, 2.45) is 0 Å². The second kappa shape index (κ2) is 7.82. The first-order valence-corrected chi connectivity index (χ1v) is 8.61. The van der Waals surface area contributed by atoms with Crippen molar-refractivity contribution in [3.8, 4) is 0 Å². The zero-order chi connectivity index (χ0) is 16.9. The Morgan fingerprint density at radius 3 is 2.61 bits per heavy atom. The Hall–Kier alpha value is -1.55. The van der Waals surface area contributed by atoms with Crippen molar-refractivity contribution in [3.63, 3.8) is 0 Å². The minimum absolute atomic E-state index is 0.181. The van der Waals surface area contributed by atoms with Gasteiger partial charge in [0.25, 0.3) is 0 Å². The quantitative estimate of drug-likeness (QED) is 0.916. The fourth-order valence-electron chi connectivity index (χ4n) is 2.86. The van der Waals surface area contributed by atoms with E-state index in [1.54, 1.807) is 0 Å². The molecule has 1 saturated heterocycles. The Kier molecular flexibility index (Phi) is 6.05. The van der Waals surface area contributed by atoms with Crippen LogP contribution in [0.25, 0.3) is 0 Å². The van der Waals surface area contributed by atoms with E-state index in [4.69, 9.17) is 4.74 Å². The van der Waals surface area contributed by atoms with Gasteiger partial charge >= 0.3 is 6.09 Å². The molecule has 1 aliphatic rings. The molecule has 23 heavy (non-hydrogen) atoms. The standard InChI is InChI=1S/C19H30N2O2/c1-15-8-10-16(11-9-15)13-20-14-17-7-5-6-12-21(17)18(22)23-19(2,3)4/h8-11,17,20H,5-7,12-14H2,1-4H3. The van der Waals surface area contributed by atoms with Crippen molar-refractivity contribution in [2.45, 2.75) is 65.1 Å². The minimum atomic E-state index is -0.436. The number of hydrogen-bond donors (Lipinski definition) is 1. The van der Waals surface area contributed by atoms with Gasteiger partial charge in [-0.3, -0.25) is 0 Å². The van der Waals surface area contributed by atoms with E-state index in [2.05, 4.69) is 36.5 Å². The summed E-state index contributed by atoms with van der Waals surface area (Å²) in [4.78, 5) is 14.3. The summed E-state index contributed by atoms with van der Waals surface area (Å²) < 4.78 is 5.54. The molecule has 0 spiro atoms. The van der Waals surface area contributed by atoms with Crippen molar-refractivity contribution in [1.29, 1.82) is 0 Å². The third kappa shape index (κ3) is 5.87.